The van der Waals surface area contributed by atoms with Crippen LogP contribution >= 0.6 is 11.8 Å². The molecule has 0 atom stereocenters. The van der Waals surface area contributed by atoms with Gasteiger partial charge in [-0.15, -0.1) is 10.2 Å². The van der Waals surface area contributed by atoms with Crippen molar-refractivity contribution in [2.75, 3.05) is 17.8 Å². The Labute approximate surface area is 122 Å². The van der Waals surface area contributed by atoms with Crippen LogP contribution in [0.25, 0.3) is 0 Å². The Bertz CT molecular complexity index is 566. The fourth-order valence-corrected chi connectivity index (χ4v) is 3.00. The first-order chi connectivity index (χ1) is 9.20. The first-order valence-corrected chi connectivity index (χ1v) is 9.20. The lowest BCUT2D eigenvalue weighted by Crippen LogP contribution is -2.12. The van der Waals surface area contributed by atoms with Crippen molar-refractivity contribution in [2.45, 2.75) is 37.9 Å². The molecule has 0 spiro atoms. The number of carboxylic acid groups (broad SMARTS) is 1. The molecule has 9 heteroatoms. The predicted octanol–water partition coefficient (Wildman–Crippen LogP) is 1.01. The standard InChI is InChI=1S/C11H19N3O4S2/c1-8(2)10-12-13-11(19-7-9(15)16)14(10)5-4-6-20(3,17)18/h8H,4-7H2,1-3H3,(H,15,16). The molecule has 7 nitrogen and oxygen atoms in total. The van der Waals surface area contributed by atoms with Crippen molar-refractivity contribution < 1.29 is 18.3 Å². The molecule has 1 aromatic heterocycles. The van der Waals surface area contributed by atoms with Gasteiger partial charge in [0.2, 0.25) is 0 Å². The Hall–Kier alpha value is -1.09. The van der Waals surface area contributed by atoms with Gasteiger partial charge in [0.25, 0.3) is 0 Å². The number of rotatable bonds is 8. The second-order valence-corrected chi connectivity index (χ2v) is 8.02. The summed E-state index contributed by atoms with van der Waals surface area (Å²) in [5.74, 6) is -0.0493. The summed E-state index contributed by atoms with van der Waals surface area (Å²) in [5, 5.41) is 17.3. The van der Waals surface area contributed by atoms with Crippen LogP contribution in [0.15, 0.2) is 5.16 Å². The number of aromatic nitrogens is 3. The average molecular weight is 321 g/mol. The van der Waals surface area contributed by atoms with Crippen molar-refractivity contribution in [1.82, 2.24) is 14.8 Å². The molecule has 0 bridgehead atoms. The molecule has 0 radical (unpaired) electrons. The number of carboxylic acids is 1. The molecule has 0 unspecified atom stereocenters. The number of thioether (sulfide) groups is 1. The summed E-state index contributed by atoms with van der Waals surface area (Å²) in [6, 6.07) is 0. The minimum Gasteiger partial charge on any atom is -0.481 e. The van der Waals surface area contributed by atoms with Gasteiger partial charge < -0.3 is 9.67 Å². The van der Waals surface area contributed by atoms with Crippen molar-refractivity contribution in [2.24, 2.45) is 0 Å². The predicted molar refractivity (Wildman–Crippen MR) is 76.8 cm³/mol. The summed E-state index contributed by atoms with van der Waals surface area (Å²) in [7, 11) is -3.00. The lowest BCUT2D eigenvalue weighted by molar-refractivity contribution is -0.133. The van der Waals surface area contributed by atoms with Crippen LogP contribution < -0.4 is 0 Å². The molecule has 0 amide bonds. The van der Waals surface area contributed by atoms with Crippen molar-refractivity contribution in [3.63, 3.8) is 0 Å². The van der Waals surface area contributed by atoms with Gasteiger partial charge in [0.05, 0.1) is 11.5 Å². The van der Waals surface area contributed by atoms with E-state index in [9.17, 15) is 13.2 Å². The van der Waals surface area contributed by atoms with Crippen LogP contribution in [0.4, 0.5) is 0 Å². The SMILES string of the molecule is CC(C)c1nnc(SCC(=O)O)n1CCCS(C)(=O)=O. The molecule has 1 heterocycles. The summed E-state index contributed by atoms with van der Waals surface area (Å²) in [5.41, 5.74) is 0. The number of hydrogen-bond donors (Lipinski definition) is 1. The van der Waals surface area contributed by atoms with Crippen LogP contribution in [0.2, 0.25) is 0 Å². The highest BCUT2D eigenvalue weighted by molar-refractivity contribution is 7.99. The summed E-state index contributed by atoms with van der Waals surface area (Å²) in [6.45, 7) is 4.39. The molecule has 1 aromatic rings. The maximum absolute atomic E-state index is 11.2. The molecule has 20 heavy (non-hydrogen) atoms. The van der Waals surface area contributed by atoms with E-state index in [1.54, 1.807) is 0 Å². The summed E-state index contributed by atoms with van der Waals surface area (Å²) in [6.07, 6.45) is 1.65. The van der Waals surface area contributed by atoms with Crippen molar-refractivity contribution in [3.8, 4) is 0 Å². The minimum absolute atomic E-state index is 0.0890. The van der Waals surface area contributed by atoms with Crippen molar-refractivity contribution in [3.05, 3.63) is 5.82 Å². The summed E-state index contributed by atoms with van der Waals surface area (Å²) < 4.78 is 24.1. The molecule has 0 fully saturated rings. The molecule has 1 N–H and O–H groups in total. The largest absolute Gasteiger partial charge is 0.481 e. The van der Waals surface area contributed by atoms with Gasteiger partial charge in [-0.05, 0) is 6.42 Å². The zero-order valence-electron chi connectivity index (χ0n) is 11.7. The third kappa shape index (κ3) is 5.49. The minimum atomic E-state index is -3.00. The van der Waals surface area contributed by atoms with E-state index in [4.69, 9.17) is 5.11 Å². The third-order valence-corrected chi connectivity index (χ3v) is 4.47. The fourth-order valence-electron chi connectivity index (χ4n) is 1.66. The van der Waals surface area contributed by atoms with Gasteiger partial charge in [0.15, 0.2) is 5.16 Å². The van der Waals surface area contributed by atoms with E-state index in [0.717, 1.165) is 17.6 Å². The van der Waals surface area contributed by atoms with Crippen LogP contribution in [0, 0.1) is 0 Å². The Morgan fingerprint density at radius 1 is 1.40 bits per heavy atom. The molecule has 0 saturated carbocycles. The van der Waals surface area contributed by atoms with E-state index < -0.39 is 15.8 Å². The molecule has 0 aliphatic rings. The van der Waals surface area contributed by atoms with Crippen LogP contribution in [-0.4, -0.2) is 52.0 Å². The van der Waals surface area contributed by atoms with E-state index in [1.807, 2.05) is 18.4 Å². The average Bonchev–Trinajstić information content (AvgIpc) is 2.68. The molecule has 0 aliphatic heterocycles. The van der Waals surface area contributed by atoms with Crippen molar-refractivity contribution >= 4 is 27.6 Å². The lowest BCUT2D eigenvalue weighted by atomic mass is 10.2. The molecule has 1 rings (SSSR count). The highest BCUT2D eigenvalue weighted by Gasteiger charge is 2.16. The number of sulfone groups is 1. The number of carbonyl (C=O) groups is 1. The smallest absolute Gasteiger partial charge is 0.313 e. The number of hydrogen-bond acceptors (Lipinski definition) is 6. The highest BCUT2D eigenvalue weighted by Crippen LogP contribution is 2.21. The Kier molecular flexibility index (Phi) is 6.00. The normalized spacial score (nSPS) is 12.0. The molecule has 0 saturated heterocycles. The van der Waals surface area contributed by atoms with Crippen LogP contribution in [0.3, 0.4) is 0 Å². The van der Waals surface area contributed by atoms with Crippen LogP contribution in [0.1, 0.15) is 32.0 Å². The maximum Gasteiger partial charge on any atom is 0.313 e. The fraction of sp³-hybridized carbons (Fsp3) is 0.727. The maximum atomic E-state index is 11.2. The second kappa shape index (κ2) is 7.07. The number of nitrogens with zero attached hydrogens (tertiary/aromatic N) is 3. The molecule has 0 aromatic carbocycles. The summed E-state index contributed by atoms with van der Waals surface area (Å²) >= 11 is 1.09. The van der Waals surface area contributed by atoms with Gasteiger partial charge in [-0.2, -0.15) is 0 Å². The topological polar surface area (TPSA) is 102 Å². The van der Waals surface area contributed by atoms with Gasteiger partial charge in [0, 0.05) is 18.7 Å². The summed E-state index contributed by atoms with van der Waals surface area (Å²) in [4.78, 5) is 10.6. The quantitative estimate of drug-likeness (QED) is 0.713. The zero-order chi connectivity index (χ0) is 15.3. The Morgan fingerprint density at radius 3 is 2.55 bits per heavy atom. The van der Waals surface area contributed by atoms with Crippen LogP contribution in [-0.2, 0) is 21.2 Å². The molecule has 0 aliphatic carbocycles. The lowest BCUT2D eigenvalue weighted by Gasteiger charge is -2.11. The first-order valence-electron chi connectivity index (χ1n) is 6.16. The van der Waals surface area contributed by atoms with Crippen LogP contribution in [0.5, 0.6) is 0 Å². The van der Waals surface area contributed by atoms with Gasteiger partial charge in [-0.25, -0.2) is 8.42 Å². The van der Waals surface area contributed by atoms with Gasteiger partial charge in [-0.3, -0.25) is 4.79 Å². The Balaban J connectivity index is 2.82. The zero-order valence-corrected chi connectivity index (χ0v) is 13.4. The van der Waals surface area contributed by atoms with E-state index >= 15 is 0 Å². The van der Waals surface area contributed by atoms with E-state index in [2.05, 4.69) is 10.2 Å². The Morgan fingerprint density at radius 2 is 2.05 bits per heavy atom. The van der Waals surface area contributed by atoms with E-state index in [0.29, 0.717) is 18.1 Å². The third-order valence-electron chi connectivity index (χ3n) is 2.48. The van der Waals surface area contributed by atoms with Gasteiger partial charge in [0.1, 0.15) is 15.7 Å². The second-order valence-electron chi connectivity index (χ2n) is 4.81. The first kappa shape index (κ1) is 17.0. The van der Waals surface area contributed by atoms with Gasteiger partial charge in [-0.1, -0.05) is 25.6 Å². The molecular weight excluding hydrogens is 302 g/mol. The molecule has 114 valence electrons. The van der Waals surface area contributed by atoms with E-state index in [1.165, 1.54) is 6.26 Å². The van der Waals surface area contributed by atoms with Crippen molar-refractivity contribution in [1.29, 1.82) is 0 Å². The van der Waals surface area contributed by atoms with E-state index in [-0.39, 0.29) is 17.4 Å². The molecular formula is C11H19N3O4S2. The number of aliphatic carboxylic acids is 1. The monoisotopic (exact) mass is 321 g/mol. The van der Waals surface area contributed by atoms with Gasteiger partial charge >= 0.3 is 5.97 Å². The highest BCUT2D eigenvalue weighted by atomic mass is 32.2.